The summed E-state index contributed by atoms with van der Waals surface area (Å²) in [7, 11) is 0. The summed E-state index contributed by atoms with van der Waals surface area (Å²) in [6.07, 6.45) is 3.79. The molecule has 1 amide bonds. The molecule has 23 heavy (non-hydrogen) atoms. The first-order chi connectivity index (χ1) is 10.8. The van der Waals surface area contributed by atoms with Gasteiger partial charge in [-0.1, -0.05) is 12.1 Å². The summed E-state index contributed by atoms with van der Waals surface area (Å²) in [6, 6.07) is 5.44. The zero-order chi connectivity index (χ0) is 16.6. The molecular weight excluding hydrogens is 293 g/mol. The Balaban J connectivity index is 1.49. The Labute approximate surface area is 137 Å². The molecule has 1 aliphatic heterocycles. The average molecular weight is 319 g/mol. The van der Waals surface area contributed by atoms with Crippen molar-refractivity contribution in [3.05, 3.63) is 35.1 Å². The molecule has 0 unspecified atom stereocenters. The zero-order valence-corrected chi connectivity index (χ0v) is 14.0. The van der Waals surface area contributed by atoms with Crippen molar-refractivity contribution in [3.8, 4) is 0 Å². The van der Waals surface area contributed by atoms with Crippen LogP contribution in [0.25, 0.3) is 0 Å². The third kappa shape index (κ3) is 3.74. The maximum Gasteiger partial charge on any atom is 0.225 e. The highest BCUT2D eigenvalue weighted by atomic mass is 19.1. The number of hydrogen-bond acceptors (Lipinski definition) is 2. The molecule has 1 aromatic carbocycles. The molecule has 3 rings (SSSR count). The van der Waals surface area contributed by atoms with Crippen LogP contribution in [0.5, 0.6) is 0 Å². The number of halogens is 1. The Morgan fingerprint density at radius 3 is 2.57 bits per heavy atom. The molecule has 0 aromatic heterocycles. The smallest absolute Gasteiger partial charge is 0.225 e. The highest BCUT2D eigenvalue weighted by Crippen LogP contribution is 2.39. The fourth-order valence-electron chi connectivity index (χ4n) is 3.92. The first kappa shape index (κ1) is 16.4. The molecular formula is C19H26FNO2. The average Bonchev–Trinajstić information content (AvgIpc) is 2.48. The summed E-state index contributed by atoms with van der Waals surface area (Å²) in [4.78, 5) is 14.3. The summed E-state index contributed by atoms with van der Waals surface area (Å²) >= 11 is 0. The van der Waals surface area contributed by atoms with Gasteiger partial charge in [-0.05, 0) is 69.1 Å². The van der Waals surface area contributed by atoms with E-state index in [2.05, 4.69) is 0 Å². The van der Waals surface area contributed by atoms with Crippen molar-refractivity contribution in [2.45, 2.75) is 51.6 Å². The number of nitrogens with zero attached hydrogens (tertiary/aromatic N) is 1. The lowest BCUT2D eigenvalue weighted by molar-refractivity contribution is -0.151. The number of amides is 1. The molecule has 0 radical (unpaired) electrons. The van der Waals surface area contributed by atoms with E-state index >= 15 is 0 Å². The summed E-state index contributed by atoms with van der Waals surface area (Å²) in [5.41, 5.74) is 1.08. The van der Waals surface area contributed by atoms with Crippen LogP contribution in [0, 0.1) is 24.6 Å². The number of aryl methyl sites for hydroxylation is 1. The number of likely N-dealkylation sites (tertiary alicyclic amines) is 1. The number of rotatable bonds is 3. The van der Waals surface area contributed by atoms with Gasteiger partial charge in [0.1, 0.15) is 5.82 Å². The van der Waals surface area contributed by atoms with Crippen LogP contribution in [0.4, 0.5) is 4.39 Å². The number of piperidine rings is 1. The zero-order valence-electron chi connectivity index (χ0n) is 14.0. The Morgan fingerprint density at radius 2 is 2.00 bits per heavy atom. The van der Waals surface area contributed by atoms with E-state index in [9.17, 15) is 14.3 Å². The molecule has 3 nitrogen and oxygen atoms in total. The van der Waals surface area contributed by atoms with E-state index in [4.69, 9.17) is 0 Å². The van der Waals surface area contributed by atoms with Crippen LogP contribution in [0.3, 0.4) is 0 Å². The predicted molar refractivity (Wildman–Crippen MR) is 87.5 cm³/mol. The second kappa shape index (κ2) is 6.23. The molecule has 4 heteroatoms. The summed E-state index contributed by atoms with van der Waals surface area (Å²) in [5.74, 6) is 0.522. The van der Waals surface area contributed by atoms with Gasteiger partial charge in [0.2, 0.25) is 5.91 Å². The van der Waals surface area contributed by atoms with Gasteiger partial charge in [0, 0.05) is 19.0 Å². The van der Waals surface area contributed by atoms with Gasteiger partial charge in [-0.15, -0.1) is 0 Å². The normalized spacial score (nSPS) is 28.5. The number of carbonyl (C=O) groups excluding carboxylic acids is 1. The SMILES string of the molecule is Cc1ccc(CC2CCN(C(=O)C3CC(C)(O)C3)CC2)c(F)c1. The van der Waals surface area contributed by atoms with Crippen LogP contribution in [0.15, 0.2) is 18.2 Å². The maximum atomic E-state index is 14.0. The molecule has 1 saturated heterocycles. The molecule has 1 aromatic rings. The lowest BCUT2D eigenvalue weighted by atomic mass is 9.71. The van der Waals surface area contributed by atoms with Gasteiger partial charge in [-0.2, -0.15) is 0 Å². The molecule has 1 N–H and O–H groups in total. The van der Waals surface area contributed by atoms with Crippen molar-refractivity contribution >= 4 is 5.91 Å². The Bertz CT molecular complexity index is 583. The van der Waals surface area contributed by atoms with Gasteiger partial charge >= 0.3 is 0 Å². The Kier molecular flexibility index (Phi) is 4.45. The third-order valence-electron chi connectivity index (χ3n) is 5.36. The molecule has 0 atom stereocenters. The highest BCUT2D eigenvalue weighted by molar-refractivity contribution is 5.80. The van der Waals surface area contributed by atoms with Crippen LogP contribution in [-0.4, -0.2) is 34.6 Å². The summed E-state index contributed by atoms with van der Waals surface area (Å²) in [6.45, 7) is 5.21. The Morgan fingerprint density at radius 1 is 1.35 bits per heavy atom. The molecule has 1 saturated carbocycles. The summed E-state index contributed by atoms with van der Waals surface area (Å²) < 4.78 is 14.0. The maximum absolute atomic E-state index is 14.0. The predicted octanol–water partition coefficient (Wildman–Crippen LogP) is 3.08. The molecule has 2 fully saturated rings. The minimum atomic E-state index is -0.651. The standard InChI is InChI=1S/C19H26FNO2/c1-13-3-4-15(17(20)9-13)10-14-5-7-21(8-6-14)18(22)16-11-19(2,23)12-16/h3-4,9,14,16,23H,5-8,10-12H2,1-2H3. The van der Waals surface area contributed by atoms with Crippen molar-refractivity contribution in [1.82, 2.24) is 4.90 Å². The van der Waals surface area contributed by atoms with Crippen LogP contribution in [0.2, 0.25) is 0 Å². The van der Waals surface area contributed by atoms with E-state index in [-0.39, 0.29) is 17.6 Å². The largest absolute Gasteiger partial charge is 0.390 e. The fourth-order valence-corrected chi connectivity index (χ4v) is 3.92. The minimum Gasteiger partial charge on any atom is -0.390 e. The van der Waals surface area contributed by atoms with E-state index in [1.165, 1.54) is 0 Å². The lowest BCUT2D eigenvalue weighted by Gasteiger charge is -2.43. The van der Waals surface area contributed by atoms with Crippen LogP contribution in [-0.2, 0) is 11.2 Å². The minimum absolute atomic E-state index is 0.00362. The lowest BCUT2D eigenvalue weighted by Crippen LogP contribution is -2.51. The van der Waals surface area contributed by atoms with Gasteiger partial charge in [-0.25, -0.2) is 4.39 Å². The summed E-state index contributed by atoms with van der Waals surface area (Å²) in [5, 5.41) is 9.78. The topological polar surface area (TPSA) is 40.5 Å². The van der Waals surface area contributed by atoms with Gasteiger partial charge < -0.3 is 10.0 Å². The molecule has 1 aliphatic carbocycles. The number of hydrogen-bond donors (Lipinski definition) is 1. The van der Waals surface area contributed by atoms with Crippen molar-refractivity contribution in [2.75, 3.05) is 13.1 Å². The van der Waals surface area contributed by atoms with E-state index in [1.54, 1.807) is 13.0 Å². The first-order valence-electron chi connectivity index (χ1n) is 8.60. The monoisotopic (exact) mass is 319 g/mol. The van der Waals surface area contributed by atoms with E-state index in [0.717, 1.165) is 43.5 Å². The van der Waals surface area contributed by atoms with E-state index in [0.29, 0.717) is 18.8 Å². The van der Waals surface area contributed by atoms with Crippen molar-refractivity contribution in [2.24, 2.45) is 11.8 Å². The van der Waals surface area contributed by atoms with Crippen molar-refractivity contribution < 1.29 is 14.3 Å². The number of benzene rings is 1. The second-order valence-electron chi connectivity index (χ2n) is 7.67. The van der Waals surface area contributed by atoms with Crippen molar-refractivity contribution in [3.63, 3.8) is 0 Å². The molecule has 1 heterocycles. The fraction of sp³-hybridized carbons (Fsp3) is 0.632. The van der Waals surface area contributed by atoms with Gasteiger partial charge in [-0.3, -0.25) is 4.79 Å². The second-order valence-corrected chi connectivity index (χ2v) is 7.67. The van der Waals surface area contributed by atoms with E-state index < -0.39 is 5.60 Å². The molecule has 2 aliphatic rings. The first-order valence-corrected chi connectivity index (χ1v) is 8.60. The number of carbonyl (C=O) groups is 1. The van der Waals surface area contributed by atoms with Crippen molar-refractivity contribution in [1.29, 1.82) is 0 Å². The molecule has 0 bridgehead atoms. The molecule has 0 spiro atoms. The quantitative estimate of drug-likeness (QED) is 0.930. The van der Waals surface area contributed by atoms with E-state index in [1.807, 2.05) is 24.0 Å². The van der Waals surface area contributed by atoms with Crippen LogP contribution < -0.4 is 0 Å². The van der Waals surface area contributed by atoms with Gasteiger partial charge in [0.15, 0.2) is 0 Å². The highest BCUT2D eigenvalue weighted by Gasteiger charge is 2.44. The van der Waals surface area contributed by atoms with Gasteiger partial charge in [0.25, 0.3) is 0 Å². The van der Waals surface area contributed by atoms with Gasteiger partial charge in [0.05, 0.1) is 5.60 Å². The van der Waals surface area contributed by atoms with Crippen LogP contribution in [0.1, 0.15) is 43.7 Å². The number of aliphatic hydroxyl groups is 1. The third-order valence-corrected chi connectivity index (χ3v) is 5.36. The molecule has 126 valence electrons. The Hall–Kier alpha value is -1.42. The van der Waals surface area contributed by atoms with Crippen LogP contribution >= 0.6 is 0 Å².